The van der Waals surface area contributed by atoms with E-state index in [9.17, 15) is 5.11 Å². The van der Waals surface area contributed by atoms with Gasteiger partial charge in [-0.3, -0.25) is 0 Å². The van der Waals surface area contributed by atoms with E-state index in [1.165, 1.54) is 49.7 Å². The van der Waals surface area contributed by atoms with Crippen molar-refractivity contribution in [1.82, 2.24) is 0 Å². The molecule has 22 heavy (non-hydrogen) atoms. The lowest BCUT2D eigenvalue weighted by Gasteiger charge is -2.28. The first-order valence-corrected chi connectivity index (χ1v) is 9.31. The Kier molecular flexibility index (Phi) is 6.50. The Morgan fingerprint density at radius 3 is 2.41 bits per heavy atom. The van der Waals surface area contributed by atoms with E-state index in [1.807, 2.05) is 0 Å². The van der Waals surface area contributed by atoms with Gasteiger partial charge >= 0.3 is 0 Å². The highest BCUT2D eigenvalue weighted by Crippen LogP contribution is 2.35. The zero-order valence-corrected chi connectivity index (χ0v) is 14.8. The third kappa shape index (κ3) is 4.84. The van der Waals surface area contributed by atoms with Crippen LogP contribution in [0.2, 0.25) is 0 Å². The predicted octanol–water partition coefficient (Wildman–Crippen LogP) is 5.95. The highest BCUT2D eigenvalue weighted by atomic mass is 16.3. The van der Waals surface area contributed by atoms with Gasteiger partial charge in [0.2, 0.25) is 0 Å². The quantitative estimate of drug-likeness (QED) is 0.617. The smallest absolute Gasteiger partial charge is 0.0546 e. The molecule has 1 saturated carbocycles. The fraction of sp³-hybridized carbons (Fsp3) is 0.714. The zero-order chi connectivity index (χ0) is 16.0. The van der Waals surface area contributed by atoms with Gasteiger partial charge in [-0.1, -0.05) is 77.1 Å². The Labute approximate surface area is 137 Å². The van der Waals surface area contributed by atoms with Crippen molar-refractivity contribution in [3.8, 4) is 0 Å². The zero-order valence-electron chi connectivity index (χ0n) is 14.8. The van der Waals surface area contributed by atoms with Crippen LogP contribution in [0, 0.1) is 0 Å². The Morgan fingerprint density at radius 1 is 1.05 bits per heavy atom. The first kappa shape index (κ1) is 17.5. The molecule has 0 heterocycles. The van der Waals surface area contributed by atoms with Gasteiger partial charge < -0.3 is 5.11 Å². The SMILES string of the molecule is CCCCCCC(C)(C)c1ccc([C@H]2CCC[C@H](O)C2)cc1. The van der Waals surface area contributed by atoms with Gasteiger partial charge in [-0.2, -0.15) is 0 Å². The topological polar surface area (TPSA) is 20.2 Å². The summed E-state index contributed by atoms with van der Waals surface area (Å²) in [5, 5.41) is 9.87. The van der Waals surface area contributed by atoms with E-state index < -0.39 is 0 Å². The summed E-state index contributed by atoms with van der Waals surface area (Å²) in [7, 11) is 0. The molecule has 0 spiro atoms. The molecule has 1 heteroatoms. The molecule has 0 unspecified atom stereocenters. The number of hydrogen-bond donors (Lipinski definition) is 1. The van der Waals surface area contributed by atoms with E-state index in [-0.39, 0.29) is 11.5 Å². The fourth-order valence-corrected chi connectivity index (χ4v) is 3.81. The van der Waals surface area contributed by atoms with Gasteiger partial charge in [0.1, 0.15) is 0 Å². The molecule has 1 aromatic carbocycles. The van der Waals surface area contributed by atoms with Gasteiger partial charge in [0.15, 0.2) is 0 Å². The van der Waals surface area contributed by atoms with E-state index >= 15 is 0 Å². The van der Waals surface area contributed by atoms with E-state index in [0.29, 0.717) is 5.92 Å². The molecule has 1 aliphatic carbocycles. The maximum atomic E-state index is 9.87. The minimum absolute atomic E-state index is 0.0894. The lowest BCUT2D eigenvalue weighted by Crippen LogP contribution is -2.19. The second-order valence-corrected chi connectivity index (χ2v) is 7.83. The second-order valence-electron chi connectivity index (χ2n) is 7.83. The number of aliphatic hydroxyl groups is 1. The van der Waals surface area contributed by atoms with Gasteiger partial charge in [0, 0.05) is 0 Å². The molecule has 2 atom stereocenters. The Bertz CT molecular complexity index is 432. The lowest BCUT2D eigenvalue weighted by atomic mass is 9.78. The van der Waals surface area contributed by atoms with Gasteiger partial charge in [-0.25, -0.2) is 0 Å². The fourth-order valence-electron chi connectivity index (χ4n) is 3.81. The molecule has 0 aromatic heterocycles. The minimum atomic E-state index is -0.0894. The molecule has 124 valence electrons. The monoisotopic (exact) mass is 302 g/mol. The standard InChI is InChI=1S/C21H34O/c1-4-5-6-7-15-21(2,3)19-13-11-17(12-14-19)18-9-8-10-20(22)16-18/h11-14,18,20,22H,4-10,15-16H2,1-3H3/t18-,20-/m0/s1. The molecule has 1 N–H and O–H groups in total. The average Bonchev–Trinajstić information content (AvgIpc) is 2.52. The number of hydrogen-bond acceptors (Lipinski definition) is 1. The third-order valence-corrected chi connectivity index (χ3v) is 5.47. The number of unbranched alkanes of at least 4 members (excludes halogenated alkanes) is 3. The van der Waals surface area contributed by atoms with Crippen LogP contribution in [-0.4, -0.2) is 11.2 Å². The molecule has 0 saturated heterocycles. The average molecular weight is 303 g/mol. The Hall–Kier alpha value is -0.820. The normalized spacial score (nSPS) is 22.7. The summed E-state index contributed by atoms with van der Waals surface area (Å²) in [4.78, 5) is 0. The van der Waals surface area contributed by atoms with Crippen molar-refractivity contribution in [2.45, 2.75) is 96.0 Å². The van der Waals surface area contributed by atoms with E-state index in [4.69, 9.17) is 0 Å². The van der Waals surface area contributed by atoms with Crippen LogP contribution in [-0.2, 0) is 5.41 Å². The molecule has 0 aliphatic heterocycles. The van der Waals surface area contributed by atoms with E-state index in [0.717, 1.165) is 19.3 Å². The summed E-state index contributed by atoms with van der Waals surface area (Å²) in [6, 6.07) is 9.28. The summed E-state index contributed by atoms with van der Waals surface area (Å²) >= 11 is 0. The molecule has 0 amide bonds. The Morgan fingerprint density at radius 2 is 1.77 bits per heavy atom. The lowest BCUT2D eigenvalue weighted by molar-refractivity contribution is 0.119. The van der Waals surface area contributed by atoms with Gasteiger partial charge in [0.25, 0.3) is 0 Å². The van der Waals surface area contributed by atoms with Gasteiger partial charge in [0.05, 0.1) is 6.10 Å². The first-order chi connectivity index (χ1) is 10.5. The molecule has 0 radical (unpaired) electrons. The van der Waals surface area contributed by atoms with Crippen LogP contribution in [0.1, 0.15) is 95.6 Å². The van der Waals surface area contributed by atoms with Crippen LogP contribution in [0.5, 0.6) is 0 Å². The van der Waals surface area contributed by atoms with Crippen molar-refractivity contribution in [3.63, 3.8) is 0 Å². The largest absolute Gasteiger partial charge is 0.393 e. The van der Waals surface area contributed by atoms with Gasteiger partial charge in [-0.05, 0) is 48.1 Å². The maximum Gasteiger partial charge on any atom is 0.0546 e. The third-order valence-electron chi connectivity index (χ3n) is 5.47. The highest BCUT2D eigenvalue weighted by Gasteiger charge is 2.23. The van der Waals surface area contributed by atoms with Crippen LogP contribution < -0.4 is 0 Å². The molecule has 1 nitrogen and oxygen atoms in total. The van der Waals surface area contributed by atoms with Crippen LogP contribution in [0.25, 0.3) is 0 Å². The minimum Gasteiger partial charge on any atom is -0.393 e. The number of benzene rings is 1. The maximum absolute atomic E-state index is 9.87. The van der Waals surface area contributed by atoms with Crippen molar-refractivity contribution < 1.29 is 5.11 Å². The molecule has 1 aliphatic rings. The summed E-state index contributed by atoms with van der Waals surface area (Å²) in [6.07, 6.45) is 10.9. The molecule has 0 bridgehead atoms. The number of rotatable bonds is 7. The van der Waals surface area contributed by atoms with Crippen molar-refractivity contribution >= 4 is 0 Å². The van der Waals surface area contributed by atoms with Crippen molar-refractivity contribution in [2.75, 3.05) is 0 Å². The van der Waals surface area contributed by atoms with E-state index in [2.05, 4.69) is 45.0 Å². The second kappa shape index (κ2) is 8.15. The molecular formula is C21H34O. The molecular weight excluding hydrogens is 268 g/mol. The summed E-state index contributed by atoms with van der Waals surface area (Å²) < 4.78 is 0. The van der Waals surface area contributed by atoms with Crippen molar-refractivity contribution in [1.29, 1.82) is 0 Å². The predicted molar refractivity (Wildman–Crippen MR) is 95.4 cm³/mol. The summed E-state index contributed by atoms with van der Waals surface area (Å²) in [5.74, 6) is 0.561. The Balaban J connectivity index is 1.95. The number of aliphatic hydroxyl groups excluding tert-OH is 1. The van der Waals surface area contributed by atoms with Crippen LogP contribution in [0.3, 0.4) is 0 Å². The highest BCUT2D eigenvalue weighted by molar-refractivity contribution is 5.30. The summed E-state index contributed by atoms with van der Waals surface area (Å²) in [5.41, 5.74) is 3.16. The molecule has 2 rings (SSSR count). The molecule has 1 aromatic rings. The van der Waals surface area contributed by atoms with E-state index in [1.54, 1.807) is 0 Å². The van der Waals surface area contributed by atoms with Crippen molar-refractivity contribution in [3.05, 3.63) is 35.4 Å². The van der Waals surface area contributed by atoms with Crippen LogP contribution in [0.15, 0.2) is 24.3 Å². The molecule has 1 fully saturated rings. The van der Waals surface area contributed by atoms with Gasteiger partial charge in [-0.15, -0.1) is 0 Å². The van der Waals surface area contributed by atoms with Crippen LogP contribution in [0.4, 0.5) is 0 Å². The van der Waals surface area contributed by atoms with Crippen LogP contribution >= 0.6 is 0 Å². The van der Waals surface area contributed by atoms with Crippen molar-refractivity contribution in [2.24, 2.45) is 0 Å². The summed E-state index contributed by atoms with van der Waals surface area (Å²) in [6.45, 7) is 7.02. The first-order valence-electron chi connectivity index (χ1n) is 9.31.